The summed E-state index contributed by atoms with van der Waals surface area (Å²) >= 11 is 0. The van der Waals surface area contributed by atoms with Gasteiger partial charge in [0.1, 0.15) is 11.5 Å². The van der Waals surface area contributed by atoms with E-state index >= 15 is 0 Å². The third kappa shape index (κ3) is 4.14. The average Bonchev–Trinajstić information content (AvgIpc) is 2.40. The molecule has 0 saturated heterocycles. The fourth-order valence-corrected chi connectivity index (χ4v) is 1.73. The number of benzene rings is 1. The van der Waals surface area contributed by atoms with Gasteiger partial charge in [0.15, 0.2) is 0 Å². The first kappa shape index (κ1) is 14.7. The zero-order valence-electron chi connectivity index (χ0n) is 10.4. The van der Waals surface area contributed by atoms with Crippen molar-refractivity contribution in [2.45, 2.75) is 13.3 Å². The Kier molecular flexibility index (Phi) is 5.34. The lowest BCUT2D eigenvalue weighted by Crippen LogP contribution is -2.05. The molecule has 0 amide bonds. The predicted molar refractivity (Wildman–Crippen MR) is 64.6 cm³/mol. The molecule has 0 aliphatic heterocycles. The molecule has 0 saturated carbocycles. The summed E-state index contributed by atoms with van der Waals surface area (Å²) in [5.74, 6) is 0.348. The second-order valence-corrected chi connectivity index (χ2v) is 5.01. The number of hydrogen-bond donors (Lipinski definition) is 0. The van der Waals surface area contributed by atoms with Gasteiger partial charge in [0, 0.05) is 20.6 Å². The van der Waals surface area contributed by atoms with Crippen molar-refractivity contribution in [1.82, 2.24) is 0 Å². The van der Waals surface area contributed by atoms with Crippen molar-refractivity contribution in [2.75, 3.05) is 14.2 Å². The Morgan fingerprint density at radius 1 is 1.11 bits per heavy atom. The van der Waals surface area contributed by atoms with E-state index in [9.17, 15) is 9.36 Å². The van der Waals surface area contributed by atoms with Gasteiger partial charge in [-0.25, -0.2) is 4.57 Å². The molecule has 0 unspecified atom stereocenters. The van der Waals surface area contributed by atoms with Crippen LogP contribution in [0.5, 0.6) is 11.5 Å². The van der Waals surface area contributed by atoms with Crippen molar-refractivity contribution in [3.05, 3.63) is 24.3 Å². The van der Waals surface area contributed by atoms with Gasteiger partial charge in [-0.2, -0.15) is 0 Å². The molecule has 0 radical (unpaired) electrons. The summed E-state index contributed by atoms with van der Waals surface area (Å²) in [6, 6.07) is 6.06. The smallest absolute Gasteiger partial charge is 0.427 e. The maximum Gasteiger partial charge on any atom is 0.529 e. The molecule has 1 rings (SSSR count). The van der Waals surface area contributed by atoms with Crippen LogP contribution in [0.3, 0.4) is 0 Å². The summed E-state index contributed by atoms with van der Waals surface area (Å²) in [4.78, 5) is 11.0. The monoisotopic (exact) mass is 274 g/mol. The fraction of sp³-hybridized carbons (Fsp3) is 0.364. The van der Waals surface area contributed by atoms with Gasteiger partial charge in [-0.15, -0.1) is 0 Å². The Bertz CT molecular complexity index is 433. The number of esters is 1. The first-order valence-corrected chi connectivity index (χ1v) is 6.71. The number of hydrogen-bond acceptors (Lipinski definition) is 6. The minimum Gasteiger partial charge on any atom is -0.427 e. The molecule has 100 valence electrons. The van der Waals surface area contributed by atoms with Crippen molar-refractivity contribution in [1.29, 1.82) is 0 Å². The van der Waals surface area contributed by atoms with Crippen LogP contribution in [0.4, 0.5) is 0 Å². The molecule has 0 atom stereocenters. The molecule has 7 heteroatoms. The molecule has 0 aromatic heterocycles. The van der Waals surface area contributed by atoms with Crippen LogP contribution in [-0.4, -0.2) is 20.2 Å². The zero-order valence-corrected chi connectivity index (χ0v) is 11.3. The summed E-state index contributed by atoms with van der Waals surface area (Å²) in [7, 11) is -1.11. The molecule has 0 aliphatic carbocycles. The predicted octanol–water partition coefficient (Wildman–Crippen LogP) is 2.78. The second-order valence-electron chi connectivity index (χ2n) is 3.20. The summed E-state index contributed by atoms with van der Waals surface area (Å²) < 4.78 is 31.0. The average molecular weight is 274 g/mol. The Hall–Kier alpha value is -1.36. The number of ether oxygens (including phenoxy) is 1. The first-order chi connectivity index (χ1) is 8.53. The van der Waals surface area contributed by atoms with Gasteiger partial charge in [-0.1, -0.05) is 6.92 Å². The van der Waals surface area contributed by atoms with Gasteiger partial charge in [0.05, 0.1) is 0 Å². The van der Waals surface area contributed by atoms with Gasteiger partial charge in [0.2, 0.25) is 0 Å². The van der Waals surface area contributed by atoms with E-state index in [0.717, 1.165) is 0 Å². The Labute approximate surface area is 105 Å². The van der Waals surface area contributed by atoms with E-state index in [4.69, 9.17) is 9.26 Å². The minimum atomic E-state index is -3.56. The van der Waals surface area contributed by atoms with Gasteiger partial charge in [0.25, 0.3) is 0 Å². The van der Waals surface area contributed by atoms with Crippen LogP contribution >= 0.6 is 7.82 Å². The van der Waals surface area contributed by atoms with E-state index in [1.54, 1.807) is 6.92 Å². The molecular weight excluding hydrogens is 259 g/mol. The molecule has 0 bridgehead atoms. The van der Waals surface area contributed by atoms with Crippen molar-refractivity contribution in [3.8, 4) is 11.5 Å². The second kappa shape index (κ2) is 6.54. The van der Waals surface area contributed by atoms with Crippen molar-refractivity contribution in [3.63, 3.8) is 0 Å². The van der Waals surface area contributed by atoms with E-state index < -0.39 is 7.82 Å². The number of carbonyl (C=O) groups is 1. The highest BCUT2D eigenvalue weighted by Crippen LogP contribution is 2.47. The van der Waals surface area contributed by atoms with Crippen LogP contribution < -0.4 is 9.26 Å². The standard InChI is InChI=1S/C11H15O6P/c1-4-11(12)16-9-5-7-10(8-6-9)17-18(13,14-2)15-3/h5-8H,4H2,1-3H3. The molecule has 0 heterocycles. The molecule has 6 nitrogen and oxygen atoms in total. The Morgan fingerprint density at radius 2 is 1.61 bits per heavy atom. The number of phosphoric acid groups is 1. The first-order valence-electron chi connectivity index (χ1n) is 5.25. The van der Waals surface area contributed by atoms with Crippen molar-refractivity contribution < 1.29 is 27.7 Å². The molecular formula is C11H15O6P. The lowest BCUT2D eigenvalue weighted by atomic mass is 10.3. The number of carbonyl (C=O) groups excluding carboxylic acids is 1. The van der Waals surface area contributed by atoms with Gasteiger partial charge in [-0.05, 0) is 24.3 Å². The topological polar surface area (TPSA) is 71.1 Å². The highest BCUT2D eigenvalue weighted by molar-refractivity contribution is 7.48. The van der Waals surface area contributed by atoms with Crippen LogP contribution in [0.25, 0.3) is 0 Å². The lowest BCUT2D eigenvalue weighted by molar-refractivity contribution is -0.134. The Balaban J connectivity index is 2.71. The molecule has 0 aliphatic rings. The van der Waals surface area contributed by atoms with Crippen LogP contribution in [0.15, 0.2) is 24.3 Å². The van der Waals surface area contributed by atoms with Gasteiger partial charge < -0.3 is 9.26 Å². The van der Waals surface area contributed by atoms with Crippen LogP contribution in [0, 0.1) is 0 Å². The molecule has 0 fully saturated rings. The minimum absolute atomic E-state index is 0.290. The SMILES string of the molecule is CCC(=O)Oc1ccc(OP(=O)(OC)OC)cc1. The highest BCUT2D eigenvalue weighted by atomic mass is 31.2. The normalized spacial score (nSPS) is 11.1. The maximum atomic E-state index is 11.7. The maximum absolute atomic E-state index is 11.7. The van der Waals surface area contributed by atoms with E-state index in [1.165, 1.54) is 38.5 Å². The van der Waals surface area contributed by atoms with Crippen LogP contribution in [0.2, 0.25) is 0 Å². The quantitative estimate of drug-likeness (QED) is 0.451. The zero-order chi connectivity index (χ0) is 13.6. The molecule has 0 N–H and O–H groups in total. The summed E-state index contributed by atoms with van der Waals surface area (Å²) in [5, 5.41) is 0. The van der Waals surface area contributed by atoms with Crippen molar-refractivity contribution in [2.24, 2.45) is 0 Å². The van der Waals surface area contributed by atoms with Gasteiger partial charge >= 0.3 is 13.8 Å². The van der Waals surface area contributed by atoms with Gasteiger partial charge in [-0.3, -0.25) is 13.8 Å². The summed E-state index contributed by atoms with van der Waals surface area (Å²) in [5.41, 5.74) is 0. The summed E-state index contributed by atoms with van der Waals surface area (Å²) in [6.07, 6.45) is 0.292. The van der Waals surface area contributed by atoms with E-state index in [2.05, 4.69) is 9.05 Å². The third-order valence-corrected chi connectivity index (χ3v) is 3.34. The van der Waals surface area contributed by atoms with Crippen LogP contribution in [0.1, 0.15) is 13.3 Å². The number of phosphoric ester groups is 1. The van der Waals surface area contributed by atoms with Crippen LogP contribution in [-0.2, 0) is 18.4 Å². The summed E-state index contributed by atoms with van der Waals surface area (Å²) in [6.45, 7) is 1.70. The molecule has 18 heavy (non-hydrogen) atoms. The molecule has 1 aromatic rings. The van der Waals surface area contributed by atoms with E-state index in [0.29, 0.717) is 17.9 Å². The number of rotatable bonds is 6. The highest BCUT2D eigenvalue weighted by Gasteiger charge is 2.24. The Morgan fingerprint density at radius 3 is 2.06 bits per heavy atom. The largest absolute Gasteiger partial charge is 0.529 e. The van der Waals surface area contributed by atoms with E-state index in [-0.39, 0.29) is 5.97 Å². The lowest BCUT2D eigenvalue weighted by Gasteiger charge is -2.14. The fourth-order valence-electron chi connectivity index (χ4n) is 1.05. The molecule has 1 aromatic carbocycles. The van der Waals surface area contributed by atoms with E-state index in [1.807, 2.05) is 0 Å². The molecule has 0 spiro atoms. The third-order valence-electron chi connectivity index (χ3n) is 2.01. The van der Waals surface area contributed by atoms with Crippen molar-refractivity contribution >= 4 is 13.8 Å².